The lowest BCUT2D eigenvalue weighted by atomic mass is 10.1. The molecule has 3 aromatic rings. The first kappa shape index (κ1) is 19.6. The van der Waals surface area contributed by atoms with E-state index in [2.05, 4.69) is 89.5 Å². The molecule has 0 bridgehead atoms. The smallest absolute Gasteiger partial charge is 0.113 e. The molecule has 0 radical (unpaired) electrons. The minimum Gasteiger partial charge on any atom is -0.369 e. The number of hydrogen-bond donors (Lipinski definition) is 0. The highest BCUT2D eigenvalue weighted by Crippen LogP contribution is 2.24. The molecular weight excluding hydrogens is 358 g/mol. The predicted molar refractivity (Wildman–Crippen MR) is 119 cm³/mol. The standard InChI is InChI=1S/C24H31N5/c1-19-9-6-11-24(21(19)3)28-16-14-27(15-17-28)12-7-13-29-18-23(25-26-29)22-10-5-4-8-20(22)2/h4-6,8-11,18H,7,12-17H2,1-3H3. The van der Waals surface area contributed by atoms with Gasteiger partial charge in [0.2, 0.25) is 0 Å². The molecule has 1 saturated heterocycles. The van der Waals surface area contributed by atoms with Crippen LogP contribution in [0, 0.1) is 20.8 Å². The molecule has 0 atom stereocenters. The topological polar surface area (TPSA) is 37.2 Å². The SMILES string of the molecule is Cc1ccccc1-c1cn(CCCN2CCN(c3cccc(C)c3C)CC2)nn1. The normalized spacial score (nSPS) is 15.1. The van der Waals surface area contributed by atoms with Crippen LogP contribution < -0.4 is 4.90 Å². The van der Waals surface area contributed by atoms with Crippen LogP contribution in [0.5, 0.6) is 0 Å². The van der Waals surface area contributed by atoms with Crippen LogP contribution in [-0.4, -0.2) is 52.6 Å². The number of benzene rings is 2. The van der Waals surface area contributed by atoms with Crippen LogP contribution in [0.4, 0.5) is 5.69 Å². The van der Waals surface area contributed by atoms with Gasteiger partial charge in [0.25, 0.3) is 0 Å². The molecule has 1 aliphatic rings. The first-order chi connectivity index (χ1) is 14.1. The van der Waals surface area contributed by atoms with Crippen molar-refractivity contribution in [3.8, 4) is 11.3 Å². The molecule has 1 fully saturated rings. The summed E-state index contributed by atoms with van der Waals surface area (Å²) in [5, 5.41) is 8.69. The van der Waals surface area contributed by atoms with Crippen LogP contribution in [0.25, 0.3) is 11.3 Å². The molecule has 0 aliphatic carbocycles. The third kappa shape index (κ3) is 4.51. The van der Waals surface area contributed by atoms with Crippen molar-refractivity contribution in [2.45, 2.75) is 33.7 Å². The first-order valence-electron chi connectivity index (χ1n) is 10.6. The molecule has 29 heavy (non-hydrogen) atoms. The molecule has 0 unspecified atom stereocenters. The summed E-state index contributed by atoms with van der Waals surface area (Å²) < 4.78 is 1.98. The van der Waals surface area contributed by atoms with Crippen molar-refractivity contribution in [1.29, 1.82) is 0 Å². The summed E-state index contributed by atoms with van der Waals surface area (Å²) in [5.74, 6) is 0. The minimum atomic E-state index is 0.913. The van der Waals surface area contributed by atoms with E-state index in [1.54, 1.807) is 0 Å². The monoisotopic (exact) mass is 389 g/mol. The van der Waals surface area contributed by atoms with Gasteiger partial charge in [-0.25, -0.2) is 0 Å². The second kappa shape index (κ2) is 8.78. The second-order valence-corrected chi connectivity index (χ2v) is 8.08. The molecule has 2 aromatic carbocycles. The third-order valence-corrected chi connectivity index (χ3v) is 6.11. The Balaban J connectivity index is 1.25. The Labute approximate surface area is 174 Å². The van der Waals surface area contributed by atoms with Gasteiger partial charge in [-0.1, -0.05) is 41.6 Å². The van der Waals surface area contributed by atoms with E-state index in [1.807, 2.05) is 4.68 Å². The van der Waals surface area contributed by atoms with E-state index in [-0.39, 0.29) is 0 Å². The highest BCUT2D eigenvalue weighted by atomic mass is 15.4. The van der Waals surface area contributed by atoms with Gasteiger partial charge in [-0.3, -0.25) is 9.58 Å². The van der Waals surface area contributed by atoms with Crippen molar-refractivity contribution in [1.82, 2.24) is 19.9 Å². The Kier molecular flexibility index (Phi) is 5.95. The van der Waals surface area contributed by atoms with Crippen molar-refractivity contribution >= 4 is 5.69 Å². The highest BCUT2D eigenvalue weighted by molar-refractivity contribution is 5.62. The van der Waals surface area contributed by atoms with Crippen molar-refractivity contribution in [3.05, 3.63) is 65.4 Å². The van der Waals surface area contributed by atoms with E-state index in [4.69, 9.17) is 0 Å². The Morgan fingerprint density at radius 1 is 0.828 bits per heavy atom. The summed E-state index contributed by atoms with van der Waals surface area (Å²) in [6.45, 7) is 13.0. The maximum Gasteiger partial charge on any atom is 0.113 e. The van der Waals surface area contributed by atoms with Crippen molar-refractivity contribution in [2.75, 3.05) is 37.6 Å². The molecular formula is C24H31N5. The van der Waals surface area contributed by atoms with E-state index in [0.717, 1.165) is 51.4 Å². The summed E-state index contributed by atoms with van der Waals surface area (Å²) >= 11 is 0. The fourth-order valence-electron chi connectivity index (χ4n) is 4.14. The highest BCUT2D eigenvalue weighted by Gasteiger charge is 2.18. The zero-order chi connectivity index (χ0) is 20.2. The van der Waals surface area contributed by atoms with Crippen LogP contribution in [-0.2, 0) is 6.54 Å². The number of piperazine rings is 1. The molecule has 0 saturated carbocycles. The molecule has 4 rings (SSSR count). The molecule has 0 amide bonds. The summed E-state index contributed by atoms with van der Waals surface area (Å²) in [5.41, 5.74) is 7.56. The van der Waals surface area contributed by atoms with E-state index in [9.17, 15) is 0 Å². The Bertz CT molecular complexity index is 953. The maximum absolute atomic E-state index is 4.36. The second-order valence-electron chi connectivity index (χ2n) is 8.08. The lowest BCUT2D eigenvalue weighted by molar-refractivity contribution is 0.248. The molecule has 0 N–H and O–H groups in total. The zero-order valence-electron chi connectivity index (χ0n) is 17.8. The maximum atomic E-state index is 4.36. The Morgan fingerprint density at radius 3 is 2.38 bits per heavy atom. The van der Waals surface area contributed by atoms with Crippen molar-refractivity contribution < 1.29 is 0 Å². The number of anilines is 1. The number of aryl methyl sites for hydroxylation is 3. The predicted octanol–water partition coefficient (Wildman–Crippen LogP) is 4.08. The van der Waals surface area contributed by atoms with Gasteiger partial charge >= 0.3 is 0 Å². The quantitative estimate of drug-likeness (QED) is 0.637. The van der Waals surface area contributed by atoms with Crippen LogP contribution in [0.2, 0.25) is 0 Å². The van der Waals surface area contributed by atoms with Gasteiger partial charge in [0.1, 0.15) is 5.69 Å². The Morgan fingerprint density at radius 2 is 1.59 bits per heavy atom. The largest absolute Gasteiger partial charge is 0.369 e. The van der Waals surface area contributed by atoms with Crippen LogP contribution in [0.3, 0.4) is 0 Å². The zero-order valence-corrected chi connectivity index (χ0v) is 17.8. The number of nitrogens with zero attached hydrogens (tertiary/aromatic N) is 5. The average molecular weight is 390 g/mol. The lowest BCUT2D eigenvalue weighted by Crippen LogP contribution is -2.47. The number of hydrogen-bond acceptors (Lipinski definition) is 4. The summed E-state index contributed by atoms with van der Waals surface area (Å²) in [4.78, 5) is 5.10. The third-order valence-electron chi connectivity index (χ3n) is 6.11. The molecule has 5 heteroatoms. The van der Waals surface area contributed by atoms with Gasteiger partial charge in [-0.15, -0.1) is 5.10 Å². The molecule has 152 valence electrons. The Hall–Kier alpha value is -2.66. The van der Waals surface area contributed by atoms with Crippen molar-refractivity contribution in [3.63, 3.8) is 0 Å². The van der Waals surface area contributed by atoms with Gasteiger partial charge < -0.3 is 4.90 Å². The van der Waals surface area contributed by atoms with Crippen LogP contribution in [0.15, 0.2) is 48.7 Å². The first-order valence-corrected chi connectivity index (χ1v) is 10.6. The van der Waals surface area contributed by atoms with Gasteiger partial charge in [0.15, 0.2) is 0 Å². The summed E-state index contributed by atoms with van der Waals surface area (Å²) in [6, 6.07) is 15.0. The van der Waals surface area contributed by atoms with E-state index in [0.29, 0.717) is 0 Å². The molecule has 0 spiro atoms. The number of rotatable bonds is 6. The molecule has 2 heterocycles. The van der Waals surface area contributed by atoms with Gasteiger partial charge in [-0.05, 0) is 49.9 Å². The molecule has 5 nitrogen and oxygen atoms in total. The summed E-state index contributed by atoms with van der Waals surface area (Å²) in [7, 11) is 0. The van der Waals surface area contributed by atoms with E-state index < -0.39 is 0 Å². The van der Waals surface area contributed by atoms with Crippen LogP contribution in [0.1, 0.15) is 23.1 Å². The average Bonchev–Trinajstić information content (AvgIpc) is 3.20. The van der Waals surface area contributed by atoms with E-state index >= 15 is 0 Å². The fourth-order valence-corrected chi connectivity index (χ4v) is 4.14. The van der Waals surface area contributed by atoms with E-state index in [1.165, 1.54) is 27.9 Å². The van der Waals surface area contributed by atoms with Crippen molar-refractivity contribution in [2.24, 2.45) is 0 Å². The van der Waals surface area contributed by atoms with Crippen LogP contribution >= 0.6 is 0 Å². The lowest BCUT2D eigenvalue weighted by Gasteiger charge is -2.37. The fraction of sp³-hybridized carbons (Fsp3) is 0.417. The minimum absolute atomic E-state index is 0.913. The molecule has 1 aliphatic heterocycles. The van der Waals surface area contributed by atoms with Gasteiger partial charge in [0, 0.05) is 50.5 Å². The van der Waals surface area contributed by atoms with Gasteiger partial charge in [0.05, 0.1) is 6.20 Å². The number of aromatic nitrogens is 3. The summed E-state index contributed by atoms with van der Waals surface area (Å²) in [6.07, 6.45) is 3.17. The molecule has 1 aromatic heterocycles. The van der Waals surface area contributed by atoms with Gasteiger partial charge in [-0.2, -0.15) is 0 Å².